The van der Waals surface area contributed by atoms with E-state index in [0.717, 1.165) is 0 Å². The van der Waals surface area contributed by atoms with E-state index in [1.165, 1.54) is 44.6 Å². The predicted molar refractivity (Wildman–Crippen MR) is 80.4 cm³/mol. The van der Waals surface area contributed by atoms with Crippen molar-refractivity contribution in [1.82, 2.24) is 5.32 Å². The summed E-state index contributed by atoms with van der Waals surface area (Å²) in [6.07, 6.45) is 2.22. The quantitative estimate of drug-likeness (QED) is 0.855. The maximum atomic E-state index is 12.4. The first-order valence-electron chi connectivity index (χ1n) is 7.52. The van der Waals surface area contributed by atoms with E-state index in [2.05, 4.69) is 0 Å². The van der Waals surface area contributed by atoms with Crippen molar-refractivity contribution >= 4 is 11.9 Å². The number of carbonyl (C=O) groups is 2. The van der Waals surface area contributed by atoms with Gasteiger partial charge in [0.05, 0.1) is 24.9 Å². The molecule has 1 aromatic rings. The van der Waals surface area contributed by atoms with Crippen molar-refractivity contribution in [2.45, 2.75) is 43.9 Å². The second-order valence-corrected chi connectivity index (χ2v) is 5.52. The van der Waals surface area contributed by atoms with E-state index in [-0.39, 0.29) is 11.3 Å². The summed E-state index contributed by atoms with van der Waals surface area (Å²) >= 11 is 0. The van der Waals surface area contributed by atoms with Crippen LogP contribution in [0.2, 0.25) is 0 Å². The number of benzene rings is 1. The Morgan fingerprint density at radius 3 is 2.29 bits per heavy atom. The Balaban J connectivity index is 0.000000282. The standard InChI is InChI=1S/C11H11F2NO4.C5H8O/c1-18-7-5-3-2-4-6(7)10(15)14-8(9(12)13)11(16)17;1-2-5-3-4(1)6-5/h2-5,8-9H,1H3,(H,14,15)(H,16,17);4-5H,1-3H2. The van der Waals surface area contributed by atoms with E-state index in [1.54, 1.807) is 11.4 Å². The van der Waals surface area contributed by atoms with Gasteiger partial charge < -0.3 is 19.9 Å². The van der Waals surface area contributed by atoms with Gasteiger partial charge in [-0.15, -0.1) is 0 Å². The van der Waals surface area contributed by atoms with Crippen molar-refractivity contribution in [3.05, 3.63) is 29.8 Å². The molecule has 2 aliphatic heterocycles. The van der Waals surface area contributed by atoms with Gasteiger partial charge in [0.25, 0.3) is 12.3 Å². The number of rotatable bonds is 5. The molecule has 2 saturated heterocycles. The number of carboxylic acids is 1. The van der Waals surface area contributed by atoms with Crippen molar-refractivity contribution in [2.24, 2.45) is 0 Å². The maximum Gasteiger partial charge on any atom is 0.332 e. The highest BCUT2D eigenvalue weighted by Crippen LogP contribution is 2.36. The summed E-state index contributed by atoms with van der Waals surface area (Å²) in [6.45, 7) is 0. The fraction of sp³-hybridized carbons (Fsp3) is 0.500. The zero-order chi connectivity index (χ0) is 17.7. The largest absolute Gasteiger partial charge is 0.496 e. The van der Waals surface area contributed by atoms with Crippen LogP contribution in [-0.4, -0.2) is 48.8 Å². The minimum absolute atomic E-state index is 0.00750. The lowest BCUT2D eigenvalue weighted by atomic mass is 10.1. The number of nitrogens with one attached hydrogen (secondary N) is 1. The second-order valence-electron chi connectivity index (χ2n) is 5.52. The molecule has 1 saturated carbocycles. The average Bonchev–Trinajstić information content (AvgIpc) is 3.17. The van der Waals surface area contributed by atoms with Crippen molar-refractivity contribution in [1.29, 1.82) is 0 Å². The molecule has 2 bridgehead atoms. The van der Waals surface area contributed by atoms with Crippen LogP contribution in [0.5, 0.6) is 5.75 Å². The van der Waals surface area contributed by atoms with Crippen molar-refractivity contribution in [2.75, 3.05) is 7.11 Å². The topological polar surface area (TPSA) is 84.9 Å². The number of fused-ring (bicyclic) bond motifs is 1. The van der Waals surface area contributed by atoms with Crippen molar-refractivity contribution < 1.29 is 33.0 Å². The summed E-state index contributed by atoms with van der Waals surface area (Å²) in [5.74, 6) is -2.55. The number of methoxy groups -OCH3 is 1. The number of hydrogen-bond donors (Lipinski definition) is 2. The van der Waals surface area contributed by atoms with E-state index in [0.29, 0.717) is 12.2 Å². The Bertz CT molecular complexity index is 576. The van der Waals surface area contributed by atoms with E-state index in [1.807, 2.05) is 0 Å². The smallest absolute Gasteiger partial charge is 0.332 e. The molecular formula is C16H19F2NO5. The molecule has 2 N–H and O–H groups in total. The molecule has 3 atom stereocenters. The number of alkyl halides is 2. The van der Waals surface area contributed by atoms with Gasteiger partial charge in [-0.3, -0.25) is 4.79 Å². The van der Waals surface area contributed by atoms with Crippen LogP contribution in [0, 0.1) is 0 Å². The van der Waals surface area contributed by atoms with Crippen molar-refractivity contribution in [3.8, 4) is 5.75 Å². The van der Waals surface area contributed by atoms with Crippen LogP contribution >= 0.6 is 0 Å². The van der Waals surface area contributed by atoms with Gasteiger partial charge in [0.2, 0.25) is 0 Å². The summed E-state index contributed by atoms with van der Waals surface area (Å²) in [5, 5.41) is 10.3. The summed E-state index contributed by atoms with van der Waals surface area (Å²) in [7, 11) is 1.31. The fourth-order valence-electron chi connectivity index (χ4n) is 2.58. The molecule has 6 nitrogen and oxygen atoms in total. The van der Waals surface area contributed by atoms with Gasteiger partial charge >= 0.3 is 5.97 Å². The summed E-state index contributed by atoms with van der Waals surface area (Å²) < 4.78 is 34.9. The Morgan fingerprint density at radius 2 is 1.88 bits per heavy atom. The molecule has 4 rings (SSSR count). The molecule has 3 fully saturated rings. The first-order valence-corrected chi connectivity index (χ1v) is 7.52. The van der Waals surface area contributed by atoms with E-state index >= 15 is 0 Å². The molecule has 1 amide bonds. The van der Waals surface area contributed by atoms with Gasteiger partial charge in [-0.05, 0) is 31.4 Å². The molecule has 3 aliphatic rings. The number of hydrogen-bond acceptors (Lipinski definition) is 4. The Morgan fingerprint density at radius 1 is 1.29 bits per heavy atom. The lowest BCUT2D eigenvalue weighted by Gasteiger charge is -2.23. The number of carbonyl (C=O) groups excluding carboxylic acids is 1. The summed E-state index contributed by atoms with van der Waals surface area (Å²) in [4.78, 5) is 22.2. The molecule has 0 spiro atoms. The lowest BCUT2D eigenvalue weighted by molar-refractivity contribution is -0.143. The number of halogens is 2. The number of amides is 1. The molecule has 24 heavy (non-hydrogen) atoms. The zero-order valence-corrected chi connectivity index (χ0v) is 13.1. The van der Waals surface area contributed by atoms with E-state index in [4.69, 9.17) is 14.6 Å². The van der Waals surface area contributed by atoms with Gasteiger partial charge in [-0.25, -0.2) is 13.6 Å². The van der Waals surface area contributed by atoms with Gasteiger partial charge in [-0.2, -0.15) is 0 Å². The molecular weight excluding hydrogens is 324 g/mol. The molecule has 0 aromatic heterocycles. The Labute approximate surface area is 137 Å². The average molecular weight is 343 g/mol. The third kappa shape index (κ3) is 4.41. The molecule has 0 radical (unpaired) electrons. The van der Waals surface area contributed by atoms with Gasteiger partial charge in [0.1, 0.15) is 5.75 Å². The minimum Gasteiger partial charge on any atom is -0.496 e. The van der Waals surface area contributed by atoms with Crippen LogP contribution in [-0.2, 0) is 9.53 Å². The van der Waals surface area contributed by atoms with Crippen LogP contribution in [0.4, 0.5) is 8.78 Å². The highest BCUT2D eigenvalue weighted by molar-refractivity contribution is 5.99. The SMILES string of the molecule is C1CC2CC1O2.COc1ccccc1C(=O)NC(C(=O)O)C(F)F. The minimum atomic E-state index is -3.19. The normalized spacial score (nSPS) is 22.0. The molecule has 1 aromatic carbocycles. The molecule has 2 heterocycles. The highest BCUT2D eigenvalue weighted by atomic mass is 19.3. The Hall–Kier alpha value is -2.22. The fourth-order valence-corrected chi connectivity index (χ4v) is 2.58. The lowest BCUT2D eigenvalue weighted by Crippen LogP contribution is -2.45. The van der Waals surface area contributed by atoms with E-state index < -0.39 is 24.3 Å². The van der Waals surface area contributed by atoms with Crippen LogP contribution < -0.4 is 10.1 Å². The predicted octanol–water partition coefficient (Wildman–Crippen LogP) is 2.08. The first-order chi connectivity index (χ1) is 11.4. The number of para-hydroxylation sites is 1. The van der Waals surface area contributed by atoms with Crippen molar-refractivity contribution in [3.63, 3.8) is 0 Å². The van der Waals surface area contributed by atoms with Crippen LogP contribution in [0.1, 0.15) is 29.6 Å². The van der Waals surface area contributed by atoms with Gasteiger partial charge in [-0.1, -0.05) is 12.1 Å². The summed E-state index contributed by atoms with van der Waals surface area (Å²) in [6, 6.07) is 3.67. The first kappa shape index (κ1) is 18.1. The van der Waals surface area contributed by atoms with E-state index in [9.17, 15) is 18.4 Å². The van der Waals surface area contributed by atoms with Crippen LogP contribution in [0.15, 0.2) is 24.3 Å². The molecule has 132 valence electrons. The number of carboxylic acid groups (broad SMARTS) is 1. The summed E-state index contributed by atoms with van der Waals surface area (Å²) in [5.41, 5.74) is -0.00750. The third-order valence-corrected chi connectivity index (χ3v) is 3.88. The Kier molecular flexibility index (Phi) is 6.08. The third-order valence-electron chi connectivity index (χ3n) is 3.88. The number of ether oxygens (including phenoxy) is 2. The van der Waals surface area contributed by atoms with Crippen LogP contribution in [0.25, 0.3) is 0 Å². The highest BCUT2D eigenvalue weighted by Gasteiger charge is 2.36. The second kappa shape index (κ2) is 8.05. The molecule has 1 aliphatic carbocycles. The zero-order valence-electron chi connectivity index (χ0n) is 13.1. The maximum absolute atomic E-state index is 12.4. The van der Waals surface area contributed by atoms with Gasteiger partial charge in [0, 0.05) is 0 Å². The van der Waals surface area contributed by atoms with Crippen LogP contribution in [0.3, 0.4) is 0 Å². The molecule has 3 unspecified atom stereocenters. The molecule has 8 heteroatoms. The number of aliphatic carboxylic acids is 1. The van der Waals surface area contributed by atoms with Gasteiger partial charge in [0.15, 0.2) is 6.04 Å². The monoisotopic (exact) mass is 343 g/mol.